The Morgan fingerprint density at radius 1 is 1.29 bits per heavy atom. The molecule has 0 aliphatic carbocycles. The zero-order valence-electron chi connectivity index (χ0n) is 10.4. The van der Waals surface area contributed by atoms with Gasteiger partial charge in [-0.2, -0.15) is 5.10 Å². The Morgan fingerprint density at radius 2 is 2.06 bits per heavy atom. The minimum atomic E-state index is -0.174. The molecule has 1 N–H and O–H groups in total. The van der Waals surface area contributed by atoms with Gasteiger partial charge in [-0.3, -0.25) is 5.10 Å². The molecule has 0 atom stereocenters. The van der Waals surface area contributed by atoms with Crippen molar-refractivity contribution in [3.63, 3.8) is 0 Å². The fourth-order valence-corrected chi connectivity index (χ4v) is 1.86. The minimum absolute atomic E-state index is 0.174. The molecular weight excluding hydrogens is 215 g/mol. The lowest BCUT2D eigenvalue weighted by atomic mass is 10.1. The number of nitrogens with one attached hydrogen (secondary N) is 1. The van der Waals surface area contributed by atoms with Gasteiger partial charge in [0.1, 0.15) is 5.82 Å². The Kier molecular flexibility index (Phi) is 3.27. The highest BCUT2D eigenvalue weighted by Gasteiger charge is 2.07. The first kappa shape index (κ1) is 11.8. The summed E-state index contributed by atoms with van der Waals surface area (Å²) in [6.45, 7) is 6.10. The molecular formula is C14H17FN2. The highest BCUT2D eigenvalue weighted by atomic mass is 19.1. The van der Waals surface area contributed by atoms with Gasteiger partial charge in [-0.15, -0.1) is 0 Å². The van der Waals surface area contributed by atoms with Crippen LogP contribution in [0.4, 0.5) is 4.39 Å². The summed E-state index contributed by atoms with van der Waals surface area (Å²) in [6, 6.07) is 7.11. The highest BCUT2D eigenvalue weighted by Crippen LogP contribution is 2.21. The maximum atomic E-state index is 13.2. The van der Waals surface area contributed by atoms with Crippen molar-refractivity contribution in [1.82, 2.24) is 10.2 Å². The lowest BCUT2D eigenvalue weighted by Gasteiger charge is -2.00. The number of aromatic amines is 1. The van der Waals surface area contributed by atoms with E-state index in [0.29, 0.717) is 11.5 Å². The third-order valence-electron chi connectivity index (χ3n) is 2.71. The summed E-state index contributed by atoms with van der Waals surface area (Å²) in [5.74, 6) is 0.421. The summed E-state index contributed by atoms with van der Waals surface area (Å²) in [4.78, 5) is 0. The van der Waals surface area contributed by atoms with Crippen LogP contribution in [0, 0.1) is 18.7 Å². The lowest BCUT2D eigenvalue weighted by molar-refractivity contribution is 0.618. The van der Waals surface area contributed by atoms with Crippen LogP contribution in [-0.2, 0) is 6.42 Å². The lowest BCUT2D eigenvalue weighted by Crippen LogP contribution is -1.93. The molecule has 90 valence electrons. The van der Waals surface area contributed by atoms with Gasteiger partial charge in [0, 0.05) is 11.3 Å². The molecule has 0 saturated heterocycles. The number of H-pyrrole nitrogens is 1. The second kappa shape index (κ2) is 4.70. The Morgan fingerprint density at radius 3 is 2.71 bits per heavy atom. The Labute approximate surface area is 101 Å². The maximum absolute atomic E-state index is 13.2. The second-order valence-electron chi connectivity index (χ2n) is 4.84. The Balaban J connectivity index is 2.27. The summed E-state index contributed by atoms with van der Waals surface area (Å²) in [5, 5.41) is 7.29. The summed E-state index contributed by atoms with van der Waals surface area (Å²) < 4.78 is 13.2. The van der Waals surface area contributed by atoms with Crippen LogP contribution in [0.15, 0.2) is 24.3 Å². The van der Waals surface area contributed by atoms with Gasteiger partial charge in [0.15, 0.2) is 0 Å². The third-order valence-corrected chi connectivity index (χ3v) is 2.71. The van der Waals surface area contributed by atoms with E-state index in [9.17, 15) is 4.39 Å². The smallest absolute Gasteiger partial charge is 0.126 e. The summed E-state index contributed by atoms with van der Waals surface area (Å²) in [5.41, 5.74) is 3.60. The van der Waals surface area contributed by atoms with E-state index < -0.39 is 0 Å². The SMILES string of the molecule is Cc1cc(-c2cc(CC(C)C)[nH]n2)ccc1F. The predicted octanol–water partition coefficient (Wildman–Crippen LogP) is 3.72. The molecule has 1 aromatic heterocycles. The van der Waals surface area contributed by atoms with Crippen molar-refractivity contribution in [3.05, 3.63) is 41.3 Å². The van der Waals surface area contributed by atoms with Crippen molar-refractivity contribution < 1.29 is 4.39 Å². The van der Waals surface area contributed by atoms with Crippen molar-refractivity contribution in [2.75, 3.05) is 0 Å². The van der Waals surface area contributed by atoms with Crippen LogP contribution < -0.4 is 0 Å². The summed E-state index contributed by atoms with van der Waals surface area (Å²) in [6.07, 6.45) is 0.979. The molecule has 2 aromatic rings. The Hall–Kier alpha value is -1.64. The monoisotopic (exact) mass is 232 g/mol. The van der Waals surface area contributed by atoms with E-state index in [4.69, 9.17) is 0 Å². The van der Waals surface area contributed by atoms with Gasteiger partial charge in [0.25, 0.3) is 0 Å². The first-order valence-corrected chi connectivity index (χ1v) is 5.87. The van der Waals surface area contributed by atoms with Crippen LogP contribution in [-0.4, -0.2) is 10.2 Å². The van der Waals surface area contributed by atoms with Gasteiger partial charge in [0.05, 0.1) is 5.69 Å². The molecule has 3 heteroatoms. The van der Waals surface area contributed by atoms with Crippen LogP contribution in [0.25, 0.3) is 11.3 Å². The number of halogens is 1. The molecule has 0 unspecified atom stereocenters. The minimum Gasteiger partial charge on any atom is -0.282 e. The molecule has 0 fully saturated rings. The van der Waals surface area contributed by atoms with Crippen LogP contribution in [0.5, 0.6) is 0 Å². The van der Waals surface area contributed by atoms with E-state index in [2.05, 4.69) is 24.0 Å². The molecule has 1 heterocycles. The molecule has 0 spiro atoms. The Bertz CT molecular complexity index is 515. The van der Waals surface area contributed by atoms with Crippen molar-refractivity contribution in [2.24, 2.45) is 5.92 Å². The average Bonchev–Trinajstić information content (AvgIpc) is 2.69. The van der Waals surface area contributed by atoms with E-state index in [1.54, 1.807) is 13.0 Å². The van der Waals surface area contributed by atoms with Crippen molar-refractivity contribution >= 4 is 0 Å². The largest absolute Gasteiger partial charge is 0.282 e. The number of aromatic nitrogens is 2. The van der Waals surface area contributed by atoms with Gasteiger partial charge in [-0.05, 0) is 49.1 Å². The average molecular weight is 232 g/mol. The summed E-state index contributed by atoms with van der Waals surface area (Å²) in [7, 11) is 0. The van der Waals surface area contributed by atoms with E-state index in [1.807, 2.05) is 12.1 Å². The van der Waals surface area contributed by atoms with Crippen molar-refractivity contribution in [1.29, 1.82) is 0 Å². The number of hydrogen-bond acceptors (Lipinski definition) is 1. The second-order valence-corrected chi connectivity index (χ2v) is 4.84. The fraction of sp³-hybridized carbons (Fsp3) is 0.357. The van der Waals surface area contributed by atoms with Crippen molar-refractivity contribution in [2.45, 2.75) is 27.2 Å². The molecule has 0 aliphatic heterocycles. The molecule has 0 amide bonds. The fourth-order valence-electron chi connectivity index (χ4n) is 1.86. The molecule has 0 bridgehead atoms. The number of hydrogen-bond donors (Lipinski definition) is 1. The molecule has 0 radical (unpaired) electrons. The first-order valence-electron chi connectivity index (χ1n) is 5.87. The van der Waals surface area contributed by atoms with E-state index in [1.165, 1.54) is 6.07 Å². The number of rotatable bonds is 3. The maximum Gasteiger partial charge on any atom is 0.126 e. The molecule has 2 nitrogen and oxygen atoms in total. The number of benzene rings is 1. The first-order chi connectivity index (χ1) is 8.06. The van der Waals surface area contributed by atoms with Crippen LogP contribution in [0.2, 0.25) is 0 Å². The standard InChI is InChI=1S/C14H17FN2/c1-9(2)6-12-8-14(17-16-12)11-4-5-13(15)10(3)7-11/h4-5,7-9H,6H2,1-3H3,(H,16,17). The van der Waals surface area contributed by atoms with Crippen molar-refractivity contribution in [3.8, 4) is 11.3 Å². The quantitative estimate of drug-likeness (QED) is 0.858. The molecule has 17 heavy (non-hydrogen) atoms. The van der Waals surface area contributed by atoms with Gasteiger partial charge < -0.3 is 0 Å². The predicted molar refractivity (Wildman–Crippen MR) is 67.3 cm³/mol. The molecule has 0 aliphatic rings. The van der Waals surface area contributed by atoms with E-state index in [-0.39, 0.29) is 5.82 Å². The van der Waals surface area contributed by atoms with Gasteiger partial charge in [-0.25, -0.2) is 4.39 Å². The van der Waals surface area contributed by atoms with Crippen LogP contribution in [0.1, 0.15) is 25.1 Å². The van der Waals surface area contributed by atoms with E-state index in [0.717, 1.165) is 23.4 Å². The molecule has 0 saturated carbocycles. The van der Waals surface area contributed by atoms with Gasteiger partial charge >= 0.3 is 0 Å². The number of aryl methyl sites for hydroxylation is 1. The molecule has 2 rings (SSSR count). The van der Waals surface area contributed by atoms with E-state index >= 15 is 0 Å². The third kappa shape index (κ3) is 2.73. The zero-order valence-corrected chi connectivity index (χ0v) is 10.4. The topological polar surface area (TPSA) is 28.7 Å². The highest BCUT2D eigenvalue weighted by molar-refractivity contribution is 5.60. The number of nitrogens with zero attached hydrogens (tertiary/aromatic N) is 1. The van der Waals surface area contributed by atoms with Gasteiger partial charge in [-0.1, -0.05) is 13.8 Å². The molecule has 1 aromatic carbocycles. The van der Waals surface area contributed by atoms with Crippen LogP contribution in [0.3, 0.4) is 0 Å². The van der Waals surface area contributed by atoms with Gasteiger partial charge in [0.2, 0.25) is 0 Å². The zero-order chi connectivity index (χ0) is 12.4. The normalized spacial score (nSPS) is 11.1. The van der Waals surface area contributed by atoms with Crippen LogP contribution >= 0.6 is 0 Å². The summed E-state index contributed by atoms with van der Waals surface area (Å²) >= 11 is 0.